The van der Waals surface area contributed by atoms with E-state index in [1.165, 1.54) is 5.57 Å². The summed E-state index contributed by atoms with van der Waals surface area (Å²) in [6.07, 6.45) is 6.72. The van der Waals surface area contributed by atoms with Crippen molar-refractivity contribution in [2.24, 2.45) is 28.1 Å². The molecule has 0 unspecified atom stereocenters. The molecule has 4 nitrogen and oxygen atoms in total. The summed E-state index contributed by atoms with van der Waals surface area (Å²) >= 11 is 0. The van der Waals surface area contributed by atoms with Gasteiger partial charge in [0.05, 0.1) is 25.4 Å². The summed E-state index contributed by atoms with van der Waals surface area (Å²) in [6.45, 7) is 6.31. The Hall–Kier alpha value is -0.420. The van der Waals surface area contributed by atoms with Crippen LogP contribution in [0.2, 0.25) is 0 Å². The molecule has 0 aromatic heterocycles. The van der Waals surface area contributed by atoms with E-state index >= 15 is 0 Å². The van der Waals surface area contributed by atoms with Crippen molar-refractivity contribution >= 4 is 0 Å². The van der Waals surface area contributed by atoms with Gasteiger partial charge in [0.15, 0.2) is 0 Å². The first kappa shape index (κ1) is 18.4. The molecule has 0 aromatic carbocycles. The lowest BCUT2D eigenvalue weighted by atomic mass is 9.46. The van der Waals surface area contributed by atoms with Crippen LogP contribution in [0.5, 0.6) is 0 Å². The maximum Gasteiger partial charge on any atom is 0.0824 e. The summed E-state index contributed by atoms with van der Waals surface area (Å²) in [6, 6.07) is 0. The second-order valence-electron chi connectivity index (χ2n) is 9.38. The number of hydrogen-bond acceptors (Lipinski definition) is 4. The van der Waals surface area contributed by atoms with Crippen molar-refractivity contribution in [3.63, 3.8) is 0 Å². The first-order valence-electron chi connectivity index (χ1n) is 9.49. The van der Waals surface area contributed by atoms with Crippen molar-refractivity contribution in [2.75, 3.05) is 13.2 Å². The van der Waals surface area contributed by atoms with Crippen molar-refractivity contribution < 1.29 is 20.4 Å². The third-order valence-electron chi connectivity index (χ3n) is 8.10. The van der Waals surface area contributed by atoms with E-state index in [-0.39, 0.29) is 24.0 Å². The summed E-state index contributed by atoms with van der Waals surface area (Å²) in [5, 5.41) is 40.1. The number of allylic oxidation sites excluding steroid dienone is 1. The van der Waals surface area contributed by atoms with Crippen LogP contribution >= 0.6 is 0 Å². The van der Waals surface area contributed by atoms with Gasteiger partial charge in [0, 0.05) is 5.41 Å². The summed E-state index contributed by atoms with van der Waals surface area (Å²) in [4.78, 5) is 0. The predicted octanol–water partition coefficient (Wildman–Crippen LogP) is 2.25. The molecule has 0 bridgehead atoms. The van der Waals surface area contributed by atoms with E-state index < -0.39 is 17.6 Å². The molecule has 24 heavy (non-hydrogen) atoms. The van der Waals surface area contributed by atoms with E-state index in [1.54, 1.807) is 0 Å². The molecule has 0 saturated heterocycles. The molecule has 4 heteroatoms. The molecule has 3 aliphatic carbocycles. The van der Waals surface area contributed by atoms with Gasteiger partial charge in [-0.15, -0.1) is 0 Å². The second kappa shape index (κ2) is 6.08. The highest BCUT2D eigenvalue weighted by Gasteiger charge is 2.56. The van der Waals surface area contributed by atoms with Gasteiger partial charge in [-0.1, -0.05) is 32.4 Å². The van der Waals surface area contributed by atoms with Gasteiger partial charge in [-0.25, -0.2) is 0 Å². The van der Waals surface area contributed by atoms with Gasteiger partial charge in [-0.2, -0.15) is 0 Å². The highest BCUT2D eigenvalue weighted by atomic mass is 16.3. The van der Waals surface area contributed by atoms with Crippen LogP contribution in [-0.4, -0.2) is 45.8 Å². The fraction of sp³-hybridized carbons (Fsp3) is 0.900. The van der Waals surface area contributed by atoms with Crippen molar-refractivity contribution in [2.45, 2.75) is 71.5 Å². The van der Waals surface area contributed by atoms with Crippen LogP contribution in [0, 0.1) is 28.1 Å². The fourth-order valence-corrected chi connectivity index (χ4v) is 5.91. The zero-order valence-electron chi connectivity index (χ0n) is 15.3. The van der Waals surface area contributed by atoms with Crippen LogP contribution in [-0.2, 0) is 0 Å². The van der Waals surface area contributed by atoms with Crippen LogP contribution in [0.3, 0.4) is 0 Å². The quantitative estimate of drug-likeness (QED) is 0.595. The lowest BCUT2D eigenvalue weighted by molar-refractivity contribution is -0.104. The maximum absolute atomic E-state index is 10.5. The maximum atomic E-state index is 10.5. The van der Waals surface area contributed by atoms with Gasteiger partial charge in [0.25, 0.3) is 0 Å². The molecule has 0 heterocycles. The standard InChI is InChI=1S/C20H34O4/c1-18(17(24)11-21)8-9-19(2)13(10-18)4-5-15-14(19)6-7-16(23)20(15,3)12-22/h5,13-14,16-17,21-24H,4,6-12H2,1-3H3/t13-,14-,16-,17+,18-,19-,20+/m0/s1. The summed E-state index contributed by atoms with van der Waals surface area (Å²) in [7, 11) is 0. The zero-order chi connectivity index (χ0) is 17.8. The molecule has 0 aliphatic heterocycles. The molecule has 0 amide bonds. The Balaban J connectivity index is 1.92. The number of aliphatic hydroxyl groups excluding tert-OH is 4. The first-order valence-corrected chi connectivity index (χ1v) is 9.49. The average Bonchev–Trinajstić information content (AvgIpc) is 2.58. The Bertz CT molecular complexity index is 518. The molecule has 2 saturated carbocycles. The van der Waals surface area contributed by atoms with E-state index in [4.69, 9.17) is 0 Å². The van der Waals surface area contributed by atoms with Crippen molar-refractivity contribution in [1.29, 1.82) is 0 Å². The Morgan fingerprint density at radius 2 is 1.88 bits per heavy atom. The van der Waals surface area contributed by atoms with Gasteiger partial charge in [0.2, 0.25) is 0 Å². The van der Waals surface area contributed by atoms with E-state index in [9.17, 15) is 20.4 Å². The number of rotatable bonds is 3. The highest BCUT2D eigenvalue weighted by molar-refractivity contribution is 5.29. The molecule has 0 aromatic rings. The molecule has 0 spiro atoms. The van der Waals surface area contributed by atoms with Gasteiger partial charge in [-0.05, 0) is 61.2 Å². The normalized spacial score (nSPS) is 49.8. The number of hydrogen-bond donors (Lipinski definition) is 4. The minimum absolute atomic E-state index is 0.00180. The lowest BCUT2D eigenvalue weighted by Crippen LogP contribution is -2.54. The van der Waals surface area contributed by atoms with Crippen molar-refractivity contribution in [1.82, 2.24) is 0 Å². The van der Waals surface area contributed by atoms with E-state index in [0.717, 1.165) is 38.5 Å². The lowest BCUT2D eigenvalue weighted by Gasteiger charge is -2.60. The van der Waals surface area contributed by atoms with E-state index in [0.29, 0.717) is 11.8 Å². The Labute approximate surface area is 145 Å². The Morgan fingerprint density at radius 1 is 1.17 bits per heavy atom. The first-order chi connectivity index (χ1) is 11.2. The fourth-order valence-electron chi connectivity index (χ4n) is 5.91. The molecular formula is C20H34O4. The van der Waals surface area contributed by atoms with Crippen LogP contribution in [0.1, 0.15) is 59.3 Å². The third-order valence-corrected chi connectivity index (χ3v) is 8.10. The molecular weight excluding hydrogens is 304 g/mol. The molecule has 0 radical (unpaired) electrons. The molecule has 4 N–H and O–H groups in total. The zero-order valence-corrected chi connectivity index (χ0v) is 15.3. The smallest absolute Gasteiger partial charge is 0.0824 e. The van der Waals surface area contributed by atoms with Gasteiger partial charge < -0.3 is 20.4 Å². The van der Waals surface area contributed by atoms with Crippen LogP contribution in [0.4, 0.5) is 0 Å². The highest BCUT2D eigenvalue weighted by Crippen LogP contribution is 2.63. The van der Waals surface area contributed by atoms with Gasteiger partial charge in [0.1, 0.15) is 0 Å². The molecule has 7 atom stereocenters. The second-order valence-corrected chi connectivity index (χ2v) is 9.38. The molecule has 138 valence electrons. The third kappa shape index (κ3) is 2.49. The topological polar surface area (TPSA) is 80.9 Å². The van der Waals surface area contributed by atoms with Gasteiger partial charge in [-0.3, -0.25) is 0 Å². The van der Waals surface area contributed by atoms with Crippen molar-refractivity contribution in [3.8, 4) is 0 Å². The van der Waals surface area contributed by atoms with E-state index in [2.05, 4.69) is 19.9 Å². The van der Waals surface area contributed by atoms with Crippen molar-refractivity contribution in [3.05, 3.63) is 11.6 Å². The summed E-state index contributed by atoms with van der Waals surface area (Å²) in [5.74, 6) is 0.900. The SMILES string of the molecule is C[C@]1([C@H](O)CO)CC[C@@]2(C)[C@@H](CC=C3[C@@H]2CC[C@H](O)[C@]3(C)CO)C1. The van der Waals surface area contributed by atoms with Crippen LogP contribution in [0.25, 0.3) is 0 Å². The largest absolute Gasteiger partial charge is 0.395 e. The minimum atomic E-state index is -0.650. The Morgan fingerprint density at radius 3 is 2.50 bits per heavy atom. The van der Waals surface area contributed by atoms with Crippen LogP contribution in [0.15, 0.2) is 11.6 Å². The molecule has 3 rings (SSSR count). The van der Waals surface area contributed by atoms with Gasteiger partial charge >= 0.3 is 0 Å². The average molecular weight is 338 g/mol. The van der Waals surface area contributed by atoms with E-state index in [1.807, 2.05) is 6.92 Å². The minimum Gasteiger partial charge on any atom is -0.395 e. The summed E-state index contributed by atoms with van der Waals surface area (Å²) < 4.78 is 0. The van der Waals surface area contributed by atoms with Crippen LogP contribution < -0.4 is 0 Å². The Kier molecular flexibility index (Phi) is 4.66. The number of fused-ring (bicyclic) bond motifs is 3. The molecule has 3 aliphatic rings. The summed E-state index contributed by atoms with van der Waals surface area (Å²) in [5.41, 5.74) is 0.699. The predicted molar refractivity (Wildman–Crippen MR) is 93.3 cm³/mol. The number of aliphatic hydroxyl groups is 4. The monoisotopic (exact) mass is 338 g/mol. The molecule has 2 fully saturated rings.